The molecule has 2 aliphatic rings. The Balaban J connectivity index is 1.67. The molecule has 9 nitrogen and oxygen atoms in total. The first-order valence-corrected chi connectivity index (χ1v) is 11.1. The molecule has 1 aromatic carbocycles. The maximum Gasteiger partial charge on any atom is 0.226 e. The van der Waals surface area contributed by atoms with Crippen molar-refractivity contribution in [3.8, 4) is 28.6 Å². The van der Waals surface area contributed by atoms with Gasteiger partial charge in [-0.1, -0.05) is 19.9 Å². The molecule has 1 aliphatic carbocycles. The van der Waals surface area contributed by atoms with Crippen LogP contribution in [0, 0.1) is 5.41 Å². The van der Waals surface area contributed by atoms with Crippen molar-refractivity contribution >= 4 is 11.7 Å². The lowest BCUT2D eigenvalue weighted by atomic mass is 9.73. The van der Waals surface area contributed by atoms with Gasteiger partial charge in [0.25, 0.3) is 0 Å². The van der Waals surface area contributed by atoms with E-state index in [9.17, 15) is 4.79 Å². The number of benzene rings is 1. The van der Waals surface area contributed by atoms with Gasteiger partial charge in [0.2, 0.25) is 11.7 Å². The van der Waals surface area contributed by atoms with E-state index in [0.717, 1.165) is 17.8 Å². The molecule has 1 atom stereocenters. The predicted octanol–water partition coefficient (Wildman–Crippen LogP) is 4.02. The second-order valence-electron chi connectivity index (χ2n) is 9.23. The average Bonchev–Trinajstić information content (AvgIpc) is 3.25. The number of ether oxygens (including phenoxy) is 3. The van der Waals surface area contributed by atoms with E-state index < -0.39 is 6.04 Å². The zero-order valence-electron chi connectivity index (χ0n) is 19.9. The first kappa shape index (κ1) is 21.9. The van der Waals surface area contributed by atoms with Gasteiger partial charge in [0, 0.05) is 29.5 Å². The van der Waals surface area contributed by atoms with Crippen LogP contribution in [0.5, 0.6) is 17.2 Å². The molecule has 1 N–H and O–H groups in total. The number of Topliss-reactive ketones (excluding diaryl/α,β-unsaturated/α-hetero) is 1. The predicted molar refractivity (Wildman–Crippen MR) is 126 cm³/mol. The lowest BCUT2D eigenvalue weighted by Gasteiger charge is -2.37. The zero-order valence-corrected chi connectivity index (χ0v) is 19.9. The Hall–Kier alpha value is -3.88. The van der Waals surface area contributed by atoms with Crippen LogP contribution >= 0.6 is 0 Å². The molecule has 34 heavy (non-hydrogen) atoms. The van der Waals surface area contributed by atoms with E-state index in [1.54, 1.807) is 44.3 Å². The fourth-order valence-electron chi connectivity index (χ4n) is 4.75. The van der Waals surface area contributed by atoms with Crippen LogP contribution < -0.4 is 19.5 Å². The maximum atomic E-state index is 13.3. The number of anilines is 1. The summed E-state index contributed by atoms with van der Waals surface area (Å²) in [6.45, 7) is 4.21. The van der Waals surface area contributed by atoms with Crippen LogP contribution in [0.1, 0.15) is 38.4 Å². The van der Waals surface area contributed by atoms with E-state index >= 15 is 0 Å². The van der Waals surface area contributed by atoms with Crippen LogP contribution in [0.3, 0.4) is 0 Å². The Morgan fingerprint density at radius 1 is 1.06 bits per heavy atom. The quantitative estimate of drug-likeness (QED) is 0.608. The number of carbonyl (C=O) groups excluding carboxylic acids is 1. The van der Waals surface area contributed by atoms with E-state index in [4.69, 9.17) is 24.3 Å². The summed E-state index contributed by atoms with van der Waals surface area (Å²) < 4.78 is 18.2. The van der Waals surface area contributed by atoms with Crippen LogP contribution in [0.15, 0.2) is 47.8 Å². The Kier molecular flexibility index (Phi) is 5.27. The third kappa shape index (κ3) is 3.57. The number of rotatable bonds is 5. The van der Waals surface area contributed by atoms with Gasteiger partial charge in [0.1, 0.15) is 6.04 Å². The number of hydrogen-bond donors (Lipinski definition) is 1. The van der Waals surface area contributed by atoms with Crippen molar-refractivity contribution in [2.45, 2.75) is 32.7 Å². The number of carbonyl (C=O) groups is 1. The van der Waals surface area contributed by atoms with Gasteiger partial charge < -0.3 is 19.5 Å². The molecular weight excluding hydrogens is 434 g/mol. The highest BCUT2D eigenvalue weighted by atomic mass is 16.5. The summed E-state index contributed by atoms with van der Waals surface area (Å²) in [7, 11) is 4.69. The summed E-state index contributed by atoms with van der Waals surface area (Å²) >= 11 is 0. The minimum Gasteiger partial charge on any atom is -0.493 e. The molecule has 176 valence electrons. The first-order valence-electron chi connectivity index (χ1n) is 11.1. The summed E-state index contributed by atoms with van der Waals surface area (Å²) in [5.74, 6) is 2.64. The fourth-order valence-corrected chi connectivity index (χ4v) is 4.75. The van der Waals surface area contributed by atoms with Crippen LogP contribution in [0.4, 0.5) is 5.95 Å². The Labute approximate surface area is 197 Å². The SMILES string of the molecule is COc1cc(-c2nc3n(n2)C(c2ccccn2)C2=C(CC(C)(C)CC2=O)N3)cc(OC)c1OC. The van der Waals surface area contributed by atoms with E-state index in [1.165, 1.54) is 0 Å². The van der Waals surface area contributed by atoms with Crippen molar-refractivity contribution in [3.05, 3.63) is 53.5 Å². The van der Waals surface area contributed by atoms with Gasteiger partial charge in [-0.2, -0.15) is 4.98 Å². The second-order valence-corrected chi connectivity index (χ2v) is 9.23. The number of nitrogens with zero attached hydrogens (tertiary/aromatic N) is 4. The molecule has 0 saturated heterocycles. The van der Waals surface area contributed by atoms with Gasteiger partial charge in [-0.3, -0.25) is 9.78 Å². The summed E-state index contributed by atoms with van der Waals surface area (Å²) in [6, 6.07) is 8.84. The van der Waals surface area contributed by atoms with Crippen molar-refractivity contribution in [2.75, 3.05) is 26.6 Å². The Bertz CT molecular complexity index is 1270. The van der Waals surface area contributed by atoms with Gasteiger partial charge in [-0.25, -0.2) is 4.68 Å². The lowest BCUT2D eigenvalue weighted by Crippen LogP contribution is -2.36. The van der Waals surface area contributed by atoms with Crippen LogP contribution in [0.25, 0.3) is 11.4 Å². The van der Waals surface area contributed by atoms with Crippen LogP contribution in [-0.4, -0.2) is 46.9 Å². The smallest absolute Gasteiger partial charge is 0.226 e. The number of methoxy groups -OCH3 is 3. The third-order valence-corrected chi connectivity index (χ3v) is 6.22. The fraction of sp³-hybridized carbons (Fsp3) is 0.360. The van der Waals surface area contributed by atoms with Crippen molar-refractivity contribution in [1.82, 2.24) is 19.7 Å². The highest BCUT2D eigenvalue weighted by molar-refractivity contribution is 6.00. The number of nitrogens with one attached hydrogen (secondary N) is 1. The molecule has 0 amide bonds. The van der Waals surface area contributed by atoms with E-state index in [1.807, 2.05) is 18.2 Å². The first-order chi connectivity index (χ1) is 16.3. The molecule has 1 unspecified atom stereocenters. The second kappa shape index (κ2) is 8.16. The highest BCUT2D eigenvalue weighted by Crippen LogP contribution is 2.46. The molecule has 0 spiro atoms. The molecule has 1 aliphatic heterocycles. The molecule has 5 rings (SSSR count). The van der Waals surface area contributed by atoms with Crippen LogP contribution in [-0.2, 0) is 4.79 Å². The normalized spacial score (nSPS) is 18.6. The Morgan fingerprint density at radius 3 is 2.41 bits per heavy atom. The molecular formula is C25H27N5O4. The number of hydrogen-bond acceptors (Lipinski definition) is 8. The maximum absolute atomic E-state index is 13.3. The van der Waals surface area contributed by atoms with Crippen molar-refractivity contribution in [3.63, 3.8) is 0 Å². The summed E-state index contributed by atoms with van der Waals surface area (Å²) in [5.41, 5.74) is 2.88. The van der Waals surface area contributed by atoms with Crippen molar-refractivity contribution < 1.29 is 19.0 Å². The standard InChI is InChI=1S/C25H27N5O4/c1-25(2)12-16-20(17(31)13-25)21(15-8-6-7-9-26-15)30-24(27-16)28-23(29-30)14-10-18(32-3)22(34-5)19(11-14)33-4/h6-11,21H,12-13H2,1-5H3,(H,27,28,29). The molecule has 0 fully saturated rings. The van der Waals surface area contributed by atoms with E-state index in [0.29, 0.717) is 46.6 Å². The number of ketones is 1. The van der Waals surface area contributed by atoms with Crippen molar-refractivity contribution in [2.24, 2.45) is 5.41 Å². The van der Waals surface area contributed by atoms with Gasteiger partial charge >= 0.3 is 0 Å². The van der Waals surface area contributed by atoms with E-state index in [2.05, 4.69) is 24.1 Å². The molecule has 2 aromatic heterocycles. The van der Waals surface area contributed by atoms with Crippen molar-refractivity contribution in [1.29, 1.82) is 0 Å². The van der Waals surface area contributed by atoms with Gasteiger partial charge in [-0.15, -0.1) is 5.10 Å². The molecule has 0 radical (unpaired) electrons. The topological polar surface area (TPSA) is 100 Å². The minimum atomic E-state index is -0.459. The minimum absolute atomic E-state index is 0.102. The summed E-state index contributed by atoms with van der Waals surface area (Å²) in [5, 5.41) is 8.20. The number of pyridine rings is 1. The third-order valence-electron chi connectivity index (χ3n) is 6.22. The average molecular weight is 462 g/mol. The van der Waals surface area contributed by atoms with E-state index in [-0.39, 0.29) is 11.2 Å². The lowest BCUT2D eigenvalue weighted by molar-refractivity contribution is -0.118. The number of fused-ring (bicyclic) bond motifs is 1. The van der Waals surface area contributed by atoms with Crippen LogP contribution in [0.2, 0.25) is 0 Å². The Morgan fingerprint density at radius 2 is 1.79 bits per heavy atom. The molecule has 9 heteroatoms. The monoisotopic (exact) mass is 461 g/mol. The number of aromatic nitrogens is 4. The van der Waals surface area contributed by atoms with Gasteiger partial charge in [-0.05, 0) is 36.1 Å². The largest absolute Gasteiger partial charge is 0.493 e. The molecule has 0 bridgehead atoms. The van der Waals surface area contributed by atoms with Gasteiger partial charge in [0.05, 0.1) is 27.0 Å². The van der Waals surface area contributed by atoms with Gasteiger partial charge in [0.15, 0.2) is 23.1 Å². The zero-order chi connectivity index (χ0) is 24.0. The molecule has 0 saturated carbocycles. The highest BCUT2D eigenvalue weighted by Gasteiger charge is 2.42. The molecule has 3 heterocycles. The number of allylic oxidation sites excluding steroid dienone is 2. The summed E-state index contributed by atoms with van der Waals surface area (Å²) in [6.07, 6.45) is 2.94. The molecule has 3 aromatic rings. The summed E-state index contributed by atoms with van der Waals surface area (Å²) in [4.78, 5) is 22.7.